The molecule has 7 heteroatoms. The summed E-state index contributed by atoms with van der Waals surface area (Å²) in [6.07, 6.45) is 3.23. The van der Waals surface area contributed by atoms with Gasteiger partial charge >= 0.3 is 5.69 Å². The number of hydrogen-bond acceptors (Lipinski definition) is 4. The smallest absolute Gasteiger partial charge is 0.343 e. The largest absolute Gasteiger partial charge is 0.381 e. The molecule has 18 heavy (non-hydrogen) atoms. The van der Waals surface area contributed by atoms with Gasteiger partial charge in [0.15, 0.2) is 0 Å². The van der Waals surface area contributed by atoms with Crippen LogP contribution in [-0.4, -0.2) is 32.4 Å². The molecule has 2 aromatic heterocycles. The van der Waals surface area contributed by atoms with Crippen molar-refractivity contribution in [3.05, 3.63) is 32.9 Å². The van der Waals surface area contributed by atoms with E-state index in [0.29, 0.717) is 18.7 Å². The van der Waals surface area contributed by atoms with Gasteiger partial charge in [-0.3, -0.25) is 9.36 Å². The lowest BCUT2D eigenvalue weighted by Gasteiger charge is -2.20. The highest BCUT2D eigenvalue weighted by Crippen LogP contribution is 2.25. The van der Waals surface area contributed by atoms with Gasteiger partial charge in [0.05, 0.1) is 6.20 Å². The number of hydrogen-bond donors (Lipinski definition) is 1. The van der Waals surface area contributed by atoms with Crippen LogP contribution in [0.5, 0.6) is 0 Å². The molecule has 7 nitrogen and oxygen atoms in total. The Labute approximate surface area is 102 Å². The maximum absolute atomic E-state index is 11.9. The number of imidazole rings is 1. The molecule has 3 rings (SSSR count). The van der Waals surface area contributed by atoms with E-state index >= 15 is 0 Å². The summed E-state index contributed by atoms with van der Waals surface area (Å²) in [5.41, 5.74) is -0.359. The Balaban J connectivity index is 2.20. The summed E-state index contributed by atoms with van der Waals surface area (Å²) >= 11 is 0. The molecule has 0 saturated carbocycles. The highest BCUT2D eigenvalue weighted by Gasteiger charge is 2.21. The van der Waals surface area contributed by atoms with Crippen molar-refractivity contribution in [2.75, 3.05) is 13.2 Å². The van der Waals surface area contributed by atoms with E-state index in [1.165, 1.54) is 17.8 Å². The molecule has 0 unspecified atom stereocenters. The Morgan fingerprint density at radius 3 is 2.83 bits per heavy atom. The Morgan fingerprint density at radius 1 is 1.39 bits per heavy atom. The van der Waals surface area contributed by atoms with Gasteiger partial charge in [-0.2, -0.15) is 0 Å². The molecule has 0 bridgehead atoms. The first kappa shape index (κ1) is 11.2. The molecule has 96 valence electrons. The first-order chi connectivity index (χ1) is 8.68. The van der Waals surface area contributed by atoms with Crippen LogP contribution in [0.25, 0.3) is 5.52 Å². The minimum Gasteiger partial charge on any atom is -0.381 e. The van der Waals surface area contributed by atoms with E-state index in [2.05, 4.69) is 10.1 Å². The van der Waals surface area contributed by atoms with E-state index in [1.54, 1.807) is 0 Å². The third kappa shape index (κ3) is 1.59. The summed E-state index contributed by atoms with van der Waals surface area (Å²) in [7, 11) is 1.45. The molecule has 0 amide bonds. The molecule has 0 spiro atoms. The Bertz CT molecular complexity index is 690. The van der Waals surface area contributed by atoms with Crippen LogP contribution in [0.2, 0.25) is 0 Å². The molecule has 0 radical (unpaired) electrons. The van der Waals surface area contributed by atoms with Crippen LogP contribution in [-0.2, 0) is 11.8 Å². The molecule has 1 aliphatic rings. The summed E-state index contributed by atoms with van der Waals surface area (Å²) in [5, 5.41) is 2.67. The molecule has 0 atom stereocenters. The van der Waals surface area contributed by atoms with Crippen LogP contribution in [0.1, 0.15) is 24.6 Å². The molecule has 0 aliphatic carbocycles. The second kappa shape index (κ2) is 4.09. The normalized spacial score (nSPS) is 17.4. The first-order valence-electron chi connectivity index (χ1n) is 5.93. The Kier molecular flexibility index (Phi) is 2.55. The van der Waals surface area contributed by atoms with Crippen molar-refractivity contribution in [1.29, 1.82) is 0 Å². The zero-order valence-corrected chi connectivity index (χ0v) is 10.0. The van der Waals surface area contributed by atoms with Crippen LogP contribution in [0.3, 0.4) is 0 Å². The van der Waals surface area contributed by atoms with E-state index in [4.69, 9.17) is 4.74 Å². The molecule has 3 heterocycles. The van der Waals surface area contributed by atoms with Crippen molar-refractivity contribution >= 4 is 5.52 Å². The molecule has 0 aromatic carbocycles. The zero-order chi connectivity index (χ0) is 12.7. The third-order valence-corrected chi connectivity index (χ3v) is 3.41. The van der Waals surface area contributed by atoms with Crippen LogP contribution in [0.4, 0.5) is 0 Å². The maximum Gasteiger partial charge on any atom is 0.343 e. The number of ether oxygens (including phenoxy) is 1. The van der Waals surface area contributed by atoms with Gasteiger partial charge < -0.3 is 4.74 Å². The quantitative estimate of drug-likeness (QED) is 0.747. The number of nitrogens with zero attached hydrogens (tertiary/aromatic N) is 3. The highest BCUT2D eigenvalue weighted by atomic mass is 16.5. The summed E-state index contributed by atoms with van der Waals surface area (Å²) in [6, 6.07) is 0. The van der Waals surface area contributed by atoms with Gasteiger partial charge in [-0.1, -0.05) is 0 Å². The van der Waals surface area contributed by atoms with Crippen molar-refractivity contribution in [2.24, 2.45) is 7.05 Å². The van der Waals surface area contributed by atoms with Crippen LogP contribution in [0.15, 0.2) is 15.8 Å². The average Bonchev–Trinajstić information content (AvgIpc) is 2.81. The van der Waals surface area contributed by atoms with E-state index in [0.717, 1.165) is 23.2 Å². The van der Waals surface area contributed by atoms with Gasteiger partial charge in [0, 0.05) is 26.2 Å². The molecule has 1 saturated heterocycles. The standard InChI is InChI=1S/C11H14N4O3/c1-14-10(16)8-6-12-9(15(8)13-11(14)17)7-2-4-18-5-3-7/h6-7H,2-5H2,1H3,(H,13,17). The van der Waals surface area contributed by atoms with E-state index in [9.17, 15) is 9.59 Å². The van der Waals surface area contributed by atoms with E-state index in [1.807, 2.05) is 0 Å². The van der Waals surface area contributed by atoms with Crippen molar-refractivity contribution in [2.45, 2.75) is 18.8 Å². The fourth-order valence-corrected chi connectivity index (χ4v) is 2.31. The minimum atomic E-state index is -0.432. The van der Waals surface area contributed by atoms with Gasteiger partial charge in [0.1, 0.15) is 11.3 Å². The van der Waals surface area contributed by atoms with Gasteiger partial charge in [-0.25, -0.2) is 19.4 Å². The molecule has 2 aromatic rings. The summed E-state index contributed by atoms with van der Waals surface area (Å²) in [4.78, 5) is 27.8. The van der Waals surface area contributed by atoms with Gasteiger partial charge in [-0.15, -0.1) is 0 Å². The summed E-state index contributed by atoms with van der Waals surface area (Å²) in [5.74, 6) is 0.965. The molecule has 1 fully saturated rings. The zero-order valence-electron chi connectivity index (χ0n) is 10.0. The van der Waals surface area contributed by atoms with Crippen LogP contribution >= 0.6 is 0 Å². The average molecular weight is 250 g/mol. The van der Waals surface area contributed by atoms with E-state index in [-0.39, 0.29) is 11.5 Å². The number of nitrogens with one attached hydrogen (secondary N) is 1. The number of rotatable bonds is 1. The van der Waals surface area contributed by atoms with Crippen LogP contribution < -0.4 is 11.2 Å². The summed E-state index contributed by atoms with van der Waals surface area (Å²) < 4.78 is 7.86. The third-order valence-electron chi connectivity index (χ3n) is 3.41. The first-order valence-corrected chi connectivity index (χ1v) is 5.93. The lowest BCUT2D eigenvalue weighted by Crippen LogP contribution is -2.35. The number of fused-ring (bicyclic) bond motifs is 1. The fourth-order valence-electron chi connectivity index (χ4n) is 2.31. The van der Waals surface area contributed by atoms with Crippen molar-refractivity contribution in [1.82, 2.24) is 19.2 Å². The maximum atomic E-state index is 11.9. The number of aromatic nitrogens is 4. The van der Waals surface area contributed by atoms with Crippen molar-refractivity contribution in [3.8, 4) is 0 Å². The predicted octanol–water partition coefficient (Wildman–Crippen LogP) is -0.385. The summed E-state index contributed by atoms with van der Waals surface area (Å²) in [6.45, 7) is 1.38. The lowest BCUT2D eigenvalue weighted by atomic mass is 10.00. The molecule has 1 N–H and O–H groups in total. The second-order valence-electron chi connectivity index (χ2n) is 4.50. The Hall–Kier alpha value is -1.89. The van der Waals surface area contributed by atoms with Gasteiger partial charge in [0.25, 0.3) is 5.56 Å². The second-order valence-corrected chi connectivity index (χ2v) is 4.50. The topological polar surface area (TPSA) is 81.4 Å². The van der Waals surface area contributed by atoms with Gasteiger partial charge in [-0.05, 0) is 12.8 Å². The number of aromatic amines is 1. The van der Waals surface area contributed by atoms with Crippen molar-refractivity contribution in [3.63, 3.8) is 0 Å². The minimum absolute atomic E-state index is 0.226. The molecule has 1 aliphatic heterocycles. The molecular weight excluding hydrogens is 236 g/mol. The monoisotopic (exact) mass is 250 g/mol. The highest BCUT2D eigenvalue weighted by molar-refractivity contribution is 5.42. The SMILES string of the molecule is Cn1c(=O)[nH]n2c(C3CCOCC3)ncc2c1=O. The fraction of sp³-hybridized carbons (Fsp3) is 0.545. The molecular formula is C11H14N4O3. The van der Waals surface area contributed by atoms with Gasteiger partial charge in [0.2, 0.25) is 0 Å². The van der Waals surface area contributed by atoms with Crippen molar-refractivity contribution < 1.29 is 4.74 Å². The lowest BCUT2D eigenvalue weighted by molar-refractivity contribution is 0.0832. The number of H-pyrrole nitrogens is 1. The predicted molar refractivity (Wildman–Crippen MR) is 63.8 cm³/mol. The van der Waals surface area contributed by atoms with Crippen LogP contribution in [0, 0.1) is 0 Å². The van der Waals surface area contributed by atoms with E-state index < -0.39 is 5.69 Å². The Morgan fingerprint density at radius 2 is 2.11 bits per heavy atom.